The second-order valence-corrected chi connectivity index (χ2v) is 4.94. The first-order valence-corrected chi connectivity index (χ1v) is 6.51. The van der Waals surface area contributed by atoms with Crippen LogP contribution in [0.5, 0.6) is 0 Å². The number of rotatable bonds is 0. The zero-order valence-corrected chi connectivity index (χ0v) is 10.4. The molecule has 19 heavy (non-hydrogen) atoms. The SMILES string of the molecule is O=c1oc2c(ccc3ccccc32)c2c1CNCC2. The van der Waals surface area contributed by atoms with Gasteiger partial charge in [-0.1, -0.05) is 36.4 Å². The largest absolute Gasteiger partial charge is 0.422 e. The first kappa shape index (κ1) is 10.8. The molecule has 0 saturated carbocycles. The predicted molar refractivity (Wildman–Crippen MR) is 75.4 cm³/mol. The fraction of sp³-hybridized carbons (Fsp3) is 0.188. The molecule has 2 heterocycles. The molecule has 1 aliphatic heterocycles. The van der Waals surface area contributed by atoms with Crippen molar-refractivity contribution in [2.75, 3.05) is 6.54 Å². The highest BCUT2D eigenvalue weighted by Crippen LogP contribution is 2.28. The van der Waals surface area contributed by atoms with Crippen molar-refractivity contribution in [2.24, 2.45) is 0 Å². The van der Waals surface area contributed by atoms with Crippen molar-refractivity contribution in [2.45, 2.75) is 13.0 Å². The second kappa shape index (κ2) is 3.93. The van der Waals surface area contributed by atoms with Gasteiger partial charge >= 0.3 is 5.63 Å². The Hall–Kier alpha value is -2.13. The Morgan fingerprint density at radius 2 is 1.89 bits per heavy atom. The van der Waals surface area contributed by atoms with Crippen molar-refractivity contribution >= 4 is 21.7 Å². The van der Waals surface area contributed by atoms with E-state index < -0.39 is 0 Å². The first-order chi connectivity index (χ1) is 9.34. The lowest BCUT2D eigenvalue weighted by molar-refractivity contribution is 0.528. The number of hydrogen-bond donors (Lipinski definition) is 1. The monoisotopic (exact) mass is 251 g/mol. The maximum atomic E-state index is 12.1. The average molecular weight is 251 g/mol. The number of nitrogens with one attached hydrogen (secondary N) is 1. The van der Waals surface area contributed by atoms with Gasteiger partial charge in [-0.15, -0.1) is 0 Å². The van der Waals surface area contributed by atoms with Gasteiger partial charge in [-0.25, -0.2) is 4.79 Å². The summed E-state index contributed by atoms with van der Waals surface area (Å²) < 4.78 is 5.58. The zero-order chi connectivity index (χ0) is 12.8. The molecule has 3 aromatic rings. The van der Waals surface area contributed by atoms with Gasteiger partial charge in [-0.3, -0.25) is 0 Å². The molecule has 0 fully saturated rings. The Kier molecular flexibility index (Phi) is 2.23. The van der Waals surface area contributed by atoms with Gasteiger partial charge in [-0.05, 0) is 23.9 Å². The summed E-state index contributed by atoms with van der Waals surface area (Å²) in [6, 6.07) is 12.2. The van der Waals surface area contributed by atoms with Gasteiger partial charge in [0.2, 0.25) is 0 Å². The Labute approximate surface area is 109 Å². The van der Waals surface area contributed by atoms with E-state index in [0.717, 1.165) is 45.8 Å². The van der Waals surface area contributed by atoms with Crippen LogP contribution in [-0.2, 0) is 13.0 Å². The summed E-state index contributed by atoms with van der Waals surface area (Å²) >= 11 is 0. The van der Waals surface area contributed by atoms with Crippen molar-refractivity contribution in [3.05, 3.63) is 57.9 Å². The standard InChI is InChI=1S/C16H13NO2/c18-16-14-9-17-8-7-12(14)13-6-5-10-3-1-2-4-11(10)15(13)19-16/h1-6,17H,7-9H2. The molecule has 1 N–H and O–H groups in total. The minimum atomic E-state index is -0.203. The molecule has 1 aromatic heterocycles. The molecule has 0 aliphatic carbocycles. The molecule has 3 heteroatoms. The lowest BCUT2D eigenvalue weighted by atomic mass is 9.96. The van der Waals surface area contributed by atoms with E-state index in [1.165, 1.54) is 0 Å². The van der Waals surface area contributed by atoms with Gasteiger partial charge in [-0.2, -0.15) is 0 Å². The van der Waals surface area contributed by atoms with Crippen LogP contribution >= 0.6 is 0 Å². The van der Waals surface area contributed by atoms with Crippen LogP contribution in [0, 0.1) is 0 Å². The van der Waals surface area contributed by atoms with Crippen LogP contribution in [0.25, 0.3) is 21.7 Å². The summed E-state index contributed by atoms with van der Waals surface area (Å²) in [4.78, 5) is 12.1. The number of fused-ring (bicyclic) bond motifs is 5. The first-order valence-electron chi connectivity index (χ1n) is 6.51. The van der Waals surface area contributed by atoms with Gasteiger partial charge in [0.1, 0.15) is 5.58 Å². The lowest BCUT2D eigenvalue weighted by Gasteiger charge is -2.17. The summed E-state index contributed by atoms with van der Waals surface area (Å²) in [6.45, 7) is 1.53. The Morgan fingerprint density at radius 1 is 1.00 bits per heavy atom. The predicted octanol–water partition coefficient (Wildman–Crippen LogP) is 2.59. The Balaban J connectivity index is 2.22. The van der Waals surface area contributed by atoms with Gasteiger partial charge in [0.15, 0.2) is 0 Å². The van der Waals surface area contributed by atoms with Crippen molar-refractivity contribution in [3.63, 3.8) is 0 Å². The van der Waals surface area contributed by atoms with Crippen LogP contribution in [0.2, 0.25) is 0 Å². The summed E-state index contributed by atoms with van der Waals surface area (Å²) in [5.74, 6) is 0. The molecule has 1 aliphatic rings. The Morgan fingerprint density at radius 3 is 2.84 bits per heavy atom. The van der Waals surface area contributed by atoms with Crippen LogP contribution in [0.15, 0.2) is 45.6 Å². The summed E-state index contributed by atoms with van der Waals surface area (Å²) in [6.07, 6.45) is 0.885. The molecular formula is C16H13NO2. The normalized spacial score (nSPS) is 14.7. The fourth-order valence-corrected chi connectivity index (χ4v) is 2.92. The minimum absolute atomic E-state index is 0.203. The van der Waals surface area contributed by atoms with Crippen molar-refractivity contribution in [1.82, 2.24) is 5.32 Å². The second-order valence-electron chi connectivity index (χ2n) is 4.94. The van der Waals surface area contributed by atoms with E-state index in [2.05, 4.69) is 17.4 Å². The van der Waals surface area contributed by atoms with Crippen molar-refractivity contribution in [3.8, 4) is 0 Å². The van der Waals surface area contributed by atoms with Crippen molar-refractivity contribution in [1.29, 1.82) is 0 Å². The summed E-state index contributed by atoms with van der Waals surface area (Å²) in [5, 5.41) is 6.42. The van der Waals surface area contributed by atoms with E-state index >= 15 is 0 Å². The van der Waals surface area contributed by atoms with E-state index in [9.17, 15) is 4.79 Å². The molecule has 0 atom stereocenters. The van der Waals surface area contributed by atoms with E-state index in [1.54, 1.807) is 0 Å². The minimum Gasteiger partial charge on any atom is -0.422 e. The van der Waals surface area contributed by atoms with Gasteiger partial charge in [0.25, 0.3) is 0 Å². The highest BCUT2D eigenvalue weighted by atomic mass is 16.4. The smallest absolute Gasteiger partial charge is 0.341 e. The molecule has 0 spiro atoms. The number of benzene rings is 2. The van der Waals surface area contributed by atoms with Crippen LogP contribution in [0.4, 0.5) is 0 Å². The topological polar surface area (TPSA) is 42.2 Å². The quantitative estimate of drug-likeness (QED) is 0.493. The third-order valence-corrected chi connectivity index (χ3v) is 3.86. The van der Waals surface area contributed by atoms with E-state index in [0.29, 0.717) is 6.54 Å². The van der Waals surface area contributed by atoms with Crippen LogP contribution in [0.1, 0.15) is 11.1 Å². The molecular weight excluding hydrogens is 238 g/mol. The molecule has 0 radical (unpaired) electrons. The summed E-state index contributed by atoms with van der Waals surface area (Å²) in [7, 11) is 0. The third kappa shape index (κ3) is 1.52. The molecule has 3 nitrogen and oxygen atoms in total. The van der Waals surface area contributed by atoms with Gasteiger partial charge in [0, 0.05) is 17.3 Å². The van der Waals surface area contributed by atoms with E-state index in [4.69, 9.17) is 4.42 Å². The fourth-order valence-electron chi connectivity index (χ4n) is 2.92. The van der Waals surface area contributed by atoms with Crippen molar-refractivity contribution < 1.29 is 4.42 Å². The molecule has 2 aromatic carbocycles. The molecule has 0 bridgehead atoms. The average Bonchev–Trinajstić information content (AvgIpc) is 2.47. The number of hydrogen-bond acceptors (Lipinski definition) is 3. The molecule has 94 valence electrons. The van der Waals surface area contributed by atoms with E-state index in [-0.39, 0.29) is 5.63 Å². The molecule has 4 rings (SSSR count). The summed E-state index contributed by atoms with van der Waals surface area (Å²) in [5.41, 5.74) is 2.46. The molecule has 0 amide bonds. The van der Waals surface area contributed by atoms with Gasteiger partial charge in [0.05, 0.1) is 5.56 Å². The molecule has 0 unspecified atom stereocenters. The zero-order valence-electron chi connectivity index (χ0n) is 10.4. The lowest BCUT2D eigenvalue weighted by Crippen LogP contribution is -2.29. The maximum absolute atomic E-state index is 12.1. The maximum Gasteiger partial charge on any atom is 0.341 e. The third-order valence-electron chi connectivity index (χ3n) is 3.86. The van der Waals surface area contributed by atoms with Gasteiger partial charge < -0.3 is 9.73 Å². The van der Waals surface area contributed by atoms with E-state index in [1.807, 2.05) is 24.3 Å². The Bertz CT molecular complexity index is 848. The van der Waals surface area contributed by atoms with Crippen LogP contribution < -0.4 is 10.9 Å². The van der Waals surface area contributed by atoms with Crippen LogP contribution in [-0.4, -0.2) is 6.54 Å². The molecule has 0 saturated heterocycles. The van der Waals surface area contributed by atoms with Crippen LogP contribution in [0.3, 0.4) is 0 Å². The highest BCUT2D eigenvalue weighted by molar-refractivity contribution is 6.05. The highest BCUT2D eigenvalue weighted by Gasteiger charge is 2.18.